The molecular formula is C17H28N2. The predicted octanol–water partition coefficient (Wildman–Crippen LogP) is 3.52. The van der Waals surface area contributed by atoms with E-state index in [4.69, 9.17) is 0 Å². The van der Waals surface area contributed by atoms with Crippen molar-refractivity contribution in [1.29, 1.82) is 0 Å². The molecule has 1 heterocycles. The first-order valence-corrected chi connectivity index (χ1v) is 7.63. The van der Waals surface area contributed by atoms with Crippen LogP contribution in [-0.4, -0.2) is 30.6 Å². The molecule has 3 unspecified atom stereocenters. The fraction of sp³-hybridized carbons (Fsp3) is 0.647. The molecule has 2 nitrogen and oxygen atoms in total. The van der Waals surface area contributed by atoms with Crippen molar-refractivity contribution < 1.29 is 0 Å². The number of aryl methyl sites for hydroxylation is 1. The number of nitrogens with one attached hydrogen (secondary N) is 1. The summed E-state index contributed by atoms with van der Waals surface area (Å²) >= 11 is 0. The third-order valence-corrected chi connectivity index (χ3v) is 4.61. The van der Waals surface area contributed by atoms with Crippen LogP contribution in [0.25, 0.3) is 0 Å². The molecule has 0 aliphatic carbocycles. The van der Waals surface area contributed by atoms with Crippen molar-refractivity contribution >= 4 is 0 Å². The molecule has 3 atom stereocenters. The van der Waals surface area contributed by atoms with Crippen molar-refractivity contribution in [1.82, 2.24) is 10.2 Å². The van der Waals surface area contributed by atoms with Crippen LogP contribution in [0.2, 0.25) is 0 Å². The van der Waals surface area contributed by atoms with Crippen LogP contribution in [0, 0.1) is 6.92 Å². The Kier molecular flexibility index (Phi) is 5.00. The second-order valence-electron chi connectivity index (χ2n) is 6.00. The van der Waals surface area contributed by atoms with Gasteiger partial charge in [0.15, 0.2) is 0 Å². The maximum Gasteiger partial charge on any atom is 0.0473 e. The second kappa shape index (κ2) is 6.53. The monoisotopic (exact) mass is 260 g/mol. The van der Waals surface area contributed by atoms with E-state index in [9.17, 15) is 0 Å². The number of rotatable bonds is 4. The number of likely N-dealkylation sites (N-methyl/N-ethyl adjacent to an activating group) is 1. The Balaban J connectivity index is 2.13. The number of piperidine rings is 1. The van der Waals surface area contributed by atoms with Gasteiger partial charge in [-0.25, -0.2) is 0 Å². The molecule has 0 bridgehead atoms. The van der Waals surface area contributed by atoms with E-state index in [0.29, 0.717) is 18.1 Å². The second-order valence-corrected chi connectivity index (χ2v) is 6.00. The van der Waals surface area contributed by atoms with Gasteiger partial charge in [-0.05, 0) is 52.8 Å². The molecule has 1 fully saturated rings. The molecule has 0 spiro atoms. The Morgan fingerprint density at radius 1 is 1.21 bits per heavy atom. The molecule has 1 N–H and O–H groups in total. The number of likely N-dealkylation sites (tertiary alicyclic amines) is 1. The minimum atomic E-state index is 0.418. The topological polar surface area (TPSA) is 15.3 Å². The zero-order chi connectivity index (χ0) is 13.8. The number of hydrogen-bond donors (Lipinski definition) is 1. The molecule has 0 aromatic heterocycles. The Labute approximate surface area is 118 Å². The highest BCUT2D eigenvalue weighted by Crippen LogP contribution is 2.27. The maximum atomic E-state index is 3.51. The van der Waals surface area contributed by atoms with Gasteiger partial charge in [0.1, 0.15) is 0 Å². The molecule has 2 rings (SSSR count). The number of benzene rings is 1. The molecule has 19 heavy (non-hydrogen) atoms. The van der Waals surface area contributed by atoms with Crippen LogP contribution >= 0.6 is 0 Å². The minimum absolute atomic E-state index is 0.418. The lowest BCUT2D eigenvalue weighted by atomic mass is 9.94. The standard InChI is InChI=1S/C17H28N2/c1-13-8-10-16(11-9-13)17(18-4)15(3)19-12-6-5-7-14(19)2/h8-11,14-15,17-18H,5-7,12H2,1-4H3. The van der Waals surface area contributed by atoms with Gasteiger partial charge in [0.2, 0.25) is 0 Å². The Morgan fingerprint density at radius 3 is 2.47 bits per heavy atom. The summed E-state index contributed by atoms with van der Waals surface area (Å²) in [5, 5.41) is 3.51. The summed E-state index contributed by atoms with van der Waals surface area (Å²) in [6.45, 7) is 8.13. The van der Waals surface area contributed by atoms with Gasteiger partial charge in [0.05, 0.1) is 0 Å². The first-order valence-electron chi connectivity index (χ1n) is 7.63. The van der Waals surface area contributed by atoms with E-state index < -0.39 is 0 Å². The van der Waals surface area contributed by atoms with Gasteiger partial charge in [-0.3, -0.25) is 4.90 Å². The first-order chi connectivity index (χ1) is 9.13. The summed E-state index contributed by atoms with van der Waals surface area (Å²) in [6.07, 6.45) is 4.08. The average Bonchev–Trinajstić information content (AvgIpc) is 2.42. The molecule has 2 heteroatoms. The summed E-state index contributed by atoms with van der Waals surface area (Å²) in [6, 6.07) is 10.6. The highest BCUT2D eigenvalue weighted by Gasteiger charge is 2.28. The minimum Gasteiger partial charge on any atom is -0.312 e. The summed E-state index contributed by atoms with van der Waals surface area (Å²) in [5.41, 5.74) is 2.73. The van der Waals surface area contributed by atoms with E-state index in [1.54, 1.807) is 0 Å². The van der Waals surface area contributed by atoms with Crippen LogP contribution in [-0.2, 0) is 0 Å². The van der Waals surface area contributed by atoms with Crippen LogP contribution in [0.3, 0.4) is 0 Å². The molecule has 1 aliphatic rings. The van der Waals surface area contributed by atoms with Crippen molar-refractivity contribution in [3.63, 3.8) is 0 Å². The molecule has 1 aliphatic heterocycles. The Bertz CT molecular complexity index is 385. The van der Waals surface area contributed by atoms with Crippen LogP contribution in [0.4, 0.5) is 0 Å². The number of hydrogen-bond acceptors (Lipinski definition) is 2. The smallest absolute Gasteiger partial charge is 0.0473 e. The molecule has 0 amide bonds. The zero-order valence-electron chi connectivity index (χ0n) is 12.8. The summed E-state index contributed by atoms with van der Waals surface area (Å²) < 4.78 is 0. The lowest BCUT2D eigenvalue weighted by molar-refractivity contribution is 0.0923. The molecule has 106 valence electrons. The fourth-order valence-corrected chi connectivity index (χ4v) is 3.38. The van der Waals surface area contributed by atoms with E-state index in [0.717, 1.165) is 0 Å². The van der Waals surface area contributed by atoms with Gasteiger partial charge in [0, 0.05) is 18.1 Å². The molecule has 1 aromatic carbocycles. The van der Waals surface area contributed by atoms with Crippen LogP contribution in [0.5, 0.6) is 0 Å². The van der Waals surface area contributed by atoms with Crippen molar-refractivity contribution in [3.8, 4) is 0 Å². The Hall–Kier alpha value is -0.860. The van der Waals surface area contributed by atoms with Gasteiger partial charge in [-0.15, -0.1) is 0 Å². The van der Waals surface area contributed by atoms with E-state index in [-0.39, 0.29) is 0 Å². The van der Waals surface area contributed by atoms with E-state index >= 15 is 0 Å². The predicted molar refractivity (Wildman–Crippen MR) is 82.5 cm³/mol. The summed E-state index contributed by atoms with van der Waals surface area (Å²) in [5.74, 6) is 0. The third-order valence-electron chi connectivity index (χ3n) is 4.61. The van der Waals surface area contributed by atoms with Crippen LogP contribution in [0.15, 0.2) is 24.3 Å². The van der Waals surface area contributed by atoms with Crippen molar-refractivity contribution in [2.24, 2.45) is 0 Å². The number of nitrogens with zero attached hydrogens (tertiary/aromatic N) is 1. The lowest BCUT2D eigenvalue weighted by Gasteiger charge is -2.41. The average molecular weight is 260 g/mol. The molecule has 1 saturated heterocycles. The Morgan fingerprint density at radius 2 is 1.89 bits per heavy atom. The highest BCUT2D eigenvalue weighted by atomic mass is 15.2. The van der Waals surface area contributed by atoms with Crippen LogP contribution < -0.4 is 5.32 Å². The first kappa shape index (κ1) is 14.5. The fourth-order valence-electron chi connectivity index (χ4n) is 3.38. The van der Waals surface area contributed by atoms with Crippen molar-refractivity contribution in [2.45, 2.75) is 58.2 Å². The SMILES string of the molecule is CNC(c1ccc(C)cc1)C(C)N1CCCCC1C. The lowest BCUT2D eigenvalue weighted by Crippen LogP contribution is -2.48. The molecule has 0 radical (unpaired) electrons. The van der Waals surface area contributed by atoms with Crippen molar-refractivity contribution in [2.75, 3.05) is 13.6 Å². The largest absolute Gasteiger partial charge is 0.312 e. The molecule has 1 aromatic rings. The van der Waals surface area contributed by atoms with E-state index in [1.807, 2.05) is 0 Å². The van der Waals surface area contributed by atoms with Crippen LogP contribution in [0.1, 0.15) is 50.3 Å². The molecule has 0 saturated carbocycles. The highest BCUT2D eigenvalue weighted by molar-refractivity contribution is 5.25. The van der Waals surface area contributed by atoms with E-state index in [1.165, 1.54) is 36.9 Å². The van der Waals surface area contributed by atoms with Gasteiger partial charge < -0.3 is 5.32 Å². The summed E-state index contributed by atoms with van der Waals surface area (Å²) in [4.78, 5) is 2.67. The van der Waals surface area contributed by atoms with Gasteiger partial charge in [-0.1, -0.05) is 36.2 Å². The van der Waals surface area contributed by atoms with Gasteiger partial charge in [-0.2, -0.15) is 0 Å². The molecular weight excluding hydrogens is 232 g/mol. The third kappa shape index (κ3) is 3.37. The van der Waals surface area contributed by atoms with E-state index in [2.05, 4.69) is 62.3 Å². The summed E-state index contributed by atoms with van der Waals surface area (Å²) in [7, 11) is 2.08. The van der Waals surface area contributed by atoms with Gasteiger partial charge in [0.25, 0.3) is 0 Å². The quantitative estimate of drug-likeness (QED) is 0.891. The normalized spacial score (nSPS) is 24.1. The maximum absolute atomic E-state index is 3.51. The van der Waals surface area contributed by atoms with Gasteiger partial charge >= 0.3 is 0 Å². The van der Waals surface area contributed by atoms with Crippen molar-refractivity contribution in [3.05, 3.63) is 35.4 Å². The zero-order valence-corrected chi connectivity index (χ0v) is 12.8.